The van der Waals surface area contributed by atoms with Crippen molar-refractivity contribution in [1.82, 2.24) is 5.32 Å². The van der Waals surface area contributed by atoms with Crippen molar-refractivity contribution in [1.29, 1.82) is 0 Å². The average molecular weight is 203 g/mol. The molecule has 0 radical (unpaired) electrons. The van der Waals surface area contributed by atoms with E-state index in [9.17, 15) is 0 Å². The number of hydrogen-bond acceptors (Lipinski definition) is 1. The van der Waals surface area contributed by atoms with Gasteiger partial charge in [0, 0.05) is 6.04 Å². The lowest BCUT2D eigenvalue weighted by atomic mass is 9.98. The number of benzene rings is 1. The molecule has 0 saturated carbocycles. The standard InChI is InChI=1S/C14H21N/c1-4-15-14-8-6-12-9-11(10(2)3)5-7-13(12)14/h5,7,9-10,14-15H,4,6,8H2,1-3H3. The number of hydrogen-bond donors (Lipinski definition) is 1. The van der Waals surface area contributed by atoms with Gasteiger partial charge in [0.25, 0.3) is 0 Å². The summed E-state index contributed by atoms with van der Waals surface area (Å²) in [6.45, 7) is 7.77. The number of fused-ring (bicyclic) bond motifs is 1. The molecule has 0 aromatic heterocycles. The first-order valence-electron chi connectivity index (χ1n) is 6.08. The molecule has 1 aliphatic carbocycles. The highest BCUT2D eigenvalue weighted by Crippen LogP contribution is 2.32. The minimum Gasteiger partial charge on any atom is -0.310 e. The second kappa shape index (κ2) is 4.36. The number of aryl methyl sites for hydroxylation is 1. The summed E-state index contributed by atoms with van der Waals surface area (Å²) in [5, 5.41) is 3.55. The largest absolute Gasteiger partial charge is 0.310 e. The molecule has 0 bridgehead atoms. The van der Waals surface area contributed by atoms with Crippen LogP contribution in [0.3, 0.4) is 0 Å². The van der Waals surface area contributed by atoms with Crippen LogP contribution in [-0.2, 0) is 6.42 Å². The van der Waals surface area contributed by atoms with Crippen molar-refractivity contribution in [3.63, 3.8) is 0 Å². The minimum absolute atomic E-state index is 0.603. The highest BCUT2D eigenvalue weighted by Gasteiger charge is 2.21. The summed E-state index contributed by atoms with van der Waals surface area (Å²) in [5.74, 6) is 0.647. The van der Waals surface area contributed by atoms with Crippen molar-refractivity contribution in [2.24, 2.45) is 0 Å². The monoisotopic (exact) mass is 203 g/mol. The van der Waals surface area contributed by atoms with Crippen LogP contribution in [-0.4, -0.2) is 6.54 Å². The number of nitrogens with one attached hydrogen (secondary N) is 1. The van der Waals surface area contributed by atoms with Crippen molar-refractivity contribution in [2.75, 3.05) is 6.54 Å². The van der Waals surface area contributed by atoms with Gasteiger partial charge in [0.2, 0.25) is 0 Å². The Morgan fingerprint density at radius 2 is 2.20 bits per heavy atom. The molecule has 1 aromatic rings. The predicted molar refractivity (Wildman–Crippen MR) is 65.3 cm³/mol. The molecule has 1 N–H and O–H groups in total. The summed E-state index contributed by atoms with van der Waals surface area (Å²) in [6, 6.07) is 7.62. The van der Waals surface area contributed by atoms with Crippen molar-refractivity contribution < 1.29 is 0 Å². The third-order valence-corrected chi connectivity index (χ3v) is 3.36. The maximum absolute atomic E-state index is 3.55. The van der Waals surface area contributed by atoms with E-state index in [1.807, 2.05) is 0 Å². The van der Waals surface area contributed by atoms with Crippen molar-refractivity contribution >= 4 is 0 Å². The molecule has 1 atom stereocenters. The van der Waals surface area contributed by atoms with E-state index in [0.717, 1.165) is 6.54 Å². The molecule has 0 fully saturated rings. The minimum atomic E-state index is 0.603. The van der Waals surface area contributed by atoms with Gasteiger partial charge in [0.1, 0.15) is 0 Å². The summed E-state index contributed by atoms with van der Waals surface area (Å²) in [7, 11) is 0. The van der Waals surface area contributed by atoms with Crippen LogP contribution >= 0.6 is 0 Å². The molecule has 0 aliphatic heterocycles. The Morgan fingerprint density at radius 3 is 2.87 bits per heavy atom. The van der Waals surface area contributed by atoms with Gasteiger partial charge in [-0.05, 0) is 42.0 Å². The summed E-state index contributed by atoms with van der Waals surface area (Å²) in [6.07, 6.45) is 2.51. The molecular weight excluding hydrogens is 182 g/mol. The van der Waals surface area contributed by atoms with Crippen molar-refractivity contribution in [3.8, 4) is 0 Å². The van der Waals surface area contributed by atoms with Crippen LogP contribution in [0, 0.1) is 0 Å². The Labute approximate surface area is 92.9 Å². The molecule has 82 valence electrons. The third kappa shape index (κ3) is 2.07. The van der Waals surface area contributed by atoms with Gasteiger partial charge in [0.05, 0.1) is 0 Å². The van der Waals surface area contributed by atoms with Crippen molar-refractivity contribution in [3.05, 3.63) is 34.9 Å². The van der Waals surface area contributed by atoms with Gasteiger partial charge < -0.3 is 5.32 Å². The van der Waals surface area contributed by atoms with E-state index in [4.69, 9.17) is 0 Å². The average Bonchev–Trinajstić information content (AvgIpc) is 2.61. The molecule has 0 heterocycles. The Kier molecular flexibility index (Phi) is 3.11. The molecule has 1 heteroatoms. The van der Waals surface area contributed by atoms with E-state index in [1.54, 1.807) is 5.56 Å². The second-order valence-electron chi connectivity index (χ2n) is 4.76. The van der Waals surface area contributed by atoms with Gasteiger partial charge in [-0.3, -0.25) is 0 Å². The fraction of sp³-hybridized carbons (Fsp3) is 0.571. The zero-order valence-corrected chi connectivity index (χ0v) is 10.0. The molecule has 0 spiro atoms. The van der Waals surface area contributed by atoms with Crippen LogP contribution in [0.5, 0.6) is 0 Å². The molecule has 1 unspecified atom stereocenters. The molecular formula is C14H21N. The van der Waals surface area contributed by atoms with Crippen LogP contribution in [0.15, 0.2) is 18.2 Å². The summed E-state index contributed by atoms with van der Waals surface area (Å²) in [4.78, 5) is 0. The first kappa shape index (κ1) is 10.7. The molecule has 1 nitrogen and oxygen atoms in total. The van der Waals surface area contributed by atoms with E-state index in [1.165, 1.54) is 24.0 Å². The smallest absolute Gasteiger partial charge is 0.0326 e. The van der Waals surface area contributed by atoms with Gasteiger partial charge in [-0.1, -0.05) is 39.0 Å². The van der Waals surface area contributed by atoms with Crippen molar-refractivity contribution in [2.45, 2.75) is 45.6 Å². The summed E-state index contributed by atoms with van der Waals surface area (Å²) >= 11 is 0. The van der Waals surface area contributed by atoms with E-state index >= 15 is 0 Å². The first-order valence-corrected chi connectivity index (χ1v) is 6.08. The second-order valence-corrected chi connectivity index (χ2v) is 4.76. The zero-order chi connectivity index (χ0) is 10.8. The Morgan fingerprint density at radius 1 is 1.40 bits per heavy atom. The fourth-order valence-corrected chi connectivity index (χ4v) is 2.46. The fourth-order valence-electron chi connectivity index (χ4n) is 2.46. The molecule has 0 amide bonds. The molecule has 0 saturated heterocycles. The molecule has 2 rings (SSSR count). The highest BCUT2D eigenvalue weighted by molar-refractivity contribution is 5.38. The normalized spacial score (nSPS) is 19.6. The van der Waals surface area contributed by atoms with Crippen LogP contribution < -0.4 is 5.32 Å². The van der Waals surface area contributed by atoms with E-state index in [0.29, 0.717) is 12.0 Å². The lowest BCUT2D eigenvalue weighted by Gasteiger charge is -2.13. The van der Waals surface area contributed by atoms with Gasteiger partial charge in [-0.25, -0.2) is 0 Å². The van der Waals surface area contributed by atoms with Crippen LogP contribution in [0.25, 0.3) is 0 Å². The van der Waals surface area contributed by atoms with Gasteiger partial charge >= 0.3 is 0 Å². The van der Waals surface area contributed by atoms with E-state index in [-0.39, 0.29) is 0 Å². The molecule has 1 aliphatic rings. The van der Waals surface area contributed by atoms with Crippen LogP contribution in [0.2, 0.25) is 0 Å². The summed E-state index contributed by atoms with van der Waals surface area (Å²) < 4.78 is 0. The Bertz CT molecular complexity index is 341. The van der Waals surface area contributed by atoms with E-state index in [2.05, 4.69) is 44.3 Å². The lowest BCUT2D eigenvalue weighted by molar-refractivity contribution is 0.549. The third-order valence-electron chi connectivity index (χ3n) is 3.36. The SMILES string of the molecule is CCNC1CCc2cc(C(C)C)ccc21. The number of rotatable bonds is 3. The predicted octanol–water partition coefficient (Wildman–Crippen LogP) is 3.41. The maximum atomic E-state index is 3.55. The van der Waals surface area contributed by atoms with Crippen LogP contribution in [0.1, 0.15) is 55.8 Å². The zero-order valence-electron chi connectivity index (χ0n) is 10.0. The Hall–Kier alpha value is -0.820. The maximum Gasteiger partial charge on any atom is 0.0326 e. The first-order chi connectivity index (χ1) is 7.22. The Balaban J connectivity index is 2.25. The topological polar surface area (TPSA) is 12.0 Å². The highest BCUT2D eigenvalue weighted by atomic mass is 14.9. The molecule has 15 heavy (non-hydrogen) atoms. The van der Waals surface area contributed by atoms with E-state index < -0.39 is 0 Å². The lowest BCUT2D eigenvalue weighted by Crippen LogP contribution is -2.18. The quantitative estimate of drug-likeness (QED) is 0.794. The van der Waals surface area contributed by atoms with Gasteiger partial charge in [-0.2, -0.15) is 0 Å². The van der Waals surface area contributed by atoms with Gasteiger partial charge in [-0.15, -0.1) is 0 Å². The molecule has 1 aromatic carbocycles. The summed E-state index contributed by atoms with van der Waals surface area (Å²) in [5.41, 5.74) is 4.57. The van der Waals surface area contributed by atoms with Gasteiger partial charge in [0.15, 0.2) is 0 Å². The van der Waals surface area contributed by atoms with Crippen LogP contribution in [0.4, 0.5) is 0 Å².